The number of aromatic nitrogens is 1. The lowest BCUT2D eigenvalue weighted by molar-refractivity contribution is -0.384. The lowest BCUT2D eigenvalue weighted by Crippen LogP contribution is -2.36. The molecule has 186 valence electrons. The summed E-state index contributed by atoms with van der Waals surface area (Å²) in [7, 11) is -0.821. The fraction of sp³-hybridized carbons (Fsp3) is 0.273. The van der Waals surface area contributed by atoms with Gasteiger partial charge in [-0.05, 0) is 24.3 Å². The molecule has 1 N–H and O–H groups in total. The van der Waals surface area contributed by atoms with Crippen LogP contribution in [0.1, 0.15) is 10.4 Å². The number of thiazole rings is 1. The Bertz CT molecular complexity index is 1270. The van der Waals surface area contributed by atoms with E-state index in [1.54, 1.807) is 17.5 Å². The molecule has 3 rings (SSSR count). The van der Waals surface area contributed by atoms with Crippen molar-refractivity contribution in [3.05, 3.63) is 69.6 Å². The Balaban J connectivity index is 1.71. The normalized spacial score (nSPS) is 11.5. The van der Waals surface area contributed by atoms with Gasteiger partial charge in [-0.25, -0.2) is 13.4 Å². The van der Waals surface area contributed by atoms with Crippen LogP contribution in [-0.2, 0) is 19.5 Å². The maximum absolute atomic E-state index is 13.0. The summed E-state index contributed by atoms with van der Waals surface area (Å²) in [5, 5.41) is 15.6. The van der Waals surface area contributed by atoms with Gasteiger partial charge in [0.05, 0.1) is 28.7 Å². The molecule has 0 unspecified atom stereocenters. The predicted octanol–water partition coefficient (Wildman–Crippen LogP) is 3.25. The Morgan fingerprint density at radius 1 is 1.11 bits per heavy atom. The number of hydrogen-bond donors (Lipinski definition) is 1. The van der Waals surface area contributed by atoms with Gasteiger partial charge in [0.2, 0.25) is 10.0 Å². The van der Waals surface area contributed by atoms with Crippen molar-refractivity contribution < 1.29 is 27.6 Å². The van der Waals surface area contributed by atoms with E-state index in [1.807, 2.05) is 0 Å². The summed E-state index contributed by atoms with van der Waals surface area (Å²) in [5.74, 6) is -0.468. The standard InChI is InChI=1S/C22H24N4O7S2/c1-32-12-10-25(11-13-33-2)35(30,31)19-8-6-16(7-9-19)21(27)24-22-23-20(15-34-22)17-4-3-5-18(14-17)26(28)29/h3-9,14-15H,10-13H2,1-2H3,(H,23,24,27). The van der Waals surface area contributed by atoms with Gasteiger partial charge in [0.25, 0.3) is 11.6 Å². The highest BCUT2D eigenvalue weighted by atomic mass is 32.2. The lowest BCUT2D eigenvalue weighted by Gasteiger charge is -2.21. The fourth-order valence-electron chi connectivity index (χ4n) is 3.08. The van der Waals surface area contributed by atoms with Gasteiger partial charge >= 0.3 is 0 Å². The molecule has 0 bridgehead atoms. The van der Waals surface area contributed by atoms with E-state index < -0.39 is 20.9 Å². The van der Waals surface area contributed by atoms with Crippen LogP contribution in [-0.4, -0.2) is 69.1 Å². The van der Waals surface area contributed by atoms with E-state index in [-0.39, 0.29) is 42.4 Å². The minimum atomic E-state index is -3.80. The van der Waals surface area contributed by atoms with Gasteiger partial charge in [-0.2, -0.15) is 4.31 Å². The van der Waals surface area contributed by atoms with Crippen LogP contribution in [0.2, 0.25) is 0 Å². The molecule has 2 aromatic carbocycles. The maximum Gasteiger partial charge on any atom is 0.270 e. The zero-order valence-electron chi connectivity index (χ0n) is 19.0. The van der Waals surface area contributed by atoms with Gasteiger partial charge in [-0.15, -0.1) is 11.3 Å². The summed E-state index contributed by atoms with van der Waals surface area (Å²) in [6.07, 6.45) is 0. The molecular weight excluding hydrogens is 496 g/mol. The van der Waals surface area contributed by atoms with Gasteiger partial charge in [-0.1, -0.05) is 12.1 Å². The third-order valence-corrected chi connectivity index (χ3v) is 7.59. The first-order valence-corrected chi connectivity index (χ1v) is 12.7. The number of ether oxygens (including phenoxy) is 2. The number of sulfonamides is 1. The third kappa shape index (κ3) is 6.68. The van der Waals surface area contributed by atoms with Gasteiger partial charge in [0.1, 0.15) is 0 Å². The van der Waals surface area contributed by atoms with E-state index in [4.69, 9.17) is 9.47 Å². The van der Waals surface area contributed by atoms with Crippen molar-refractivity contribution >= 4 is 38.1 Å². The van der Waals surface area contributed by atoms with Crippen LogP contribution in [0, 0.1) is 10.1 Å². The number of nitrogens with one attached hydrogen (secondary N) is 1. The van der Waals surface area contributed by atoms with Crippen LogP contribution >= 0.6 is 11.3 Å². The summed E-state index contributed by atoms with van der Waals surface area (Å²) in [5.41, 5.74) is 1.23. The largest absolute Gasteiger partial charge is 0.383 e. The summed E-state index contributed by atoms with van der Waals surface area (Å²) >= 11 is 1.17. The molecule has 0 saturated carbocycles. The number of nitro benzene ring substituents is 1. The van der Waals surface area contributed by atoms with Gasteiger partial charge < -0.3 is 9.47 Å². The van der Waals surface area contributed by atoms with E-state index >= 15 is 0 Å². The van der Waals surface area contributed by atoms with Crippen molar-refractivity contribution in [2.45, 2.75) is 4.90 Å². The second-order valence-corrected chi connectivity index (χ2v) is 10.0. The zero-order chi connectivity index (χ0) is 25.4. The van der Waals surface area contributed by atoms with Crippen molar-refractivity contribution in [1.29, 1.82) is 0 Å². The predicted molar refractivity (Wildman–Crippen MR) is 131 cm³/mol. The van der Waals surface area contributed by atoms with E-state index in [0.717, 1.165) is 0 Å². The van der Waals surface area contributed by atoms with Crippen LogP contribution in [0.3, 0.4) is 0 Å². The number of rotatable bonds is 12. The molecule has 1 amide bonds. The van der Waals surface area contributed by atoms with Gasteiger partial charge in [-0.3, -0.25) is 20.2 Å². The summed E-state index contributed by atoms with van der Waals surface area (Å²) in [6, 6.07) is 11.6. The SMILES string of the molecule is COCCN(CCOC)S(=O)(=O)c1ccc(C(=O)Nc2nc(-c3cccc([N+](=O)[O-])c3)cs2)cc1. The van der Waals surface area contributed by atoms with Crippen LogP contribution in [0.15, 0.2) is 58.8 Å². The molecule has 0 atom stereocenters. The number of benzene rings is 2. The first-order valence-electron chi connectivity index (χ1n) is 10.4. The van der Waals surface area contributed by atoms with Gasteiger partial charge in [0.15, 0.2) is 5.13 Å². The molecule has 0 aliphatic heterocycles. The number of carbonyl (C=O) groups excluding carboxylic acids is 1. The minimum absolute atomic E-state index is 0.0449. The molecule has 0 aliphatic carbocycles. The second-order valence-electron chi connectivity index (χ2n) is 7.21. The molecule has 13 heteroatoms. The summed E-state index contributed by atoms with van der Waals surface area (Å²) in [4.78, 5) is 27.5. The first kappa shape index (κ1) is 26.4. The average Bonchev–Trinajstić information content (AvgIpc) is 3.32. The molecule has 11 nitrogen and oxygen atoms in total. The first-order chi connectivity index (χ1) is 16.8. The second kappa shape index (κ2) is 12.0. The summed E-state index contributed by atoms with van der Waals surface area (Å²) in [6.45, 7) is 0.799. The van der Waals surface area contributed by atoms with E-state index in [0.29, 0.717) is 16.4 Å². The topological polar surface area (TPSA) is 141 Å². The van der Waals surface area contributed by atoms with Crippen LogP contribution in [0.25, 0.3) is 11.3 Å². The number of amides is 1. The van der Waals surface area contributed by atoms with Crippen molar-refractivity contribution in [3.63, 3.8) is 0 Å². The number of non-ortho nitro benzene ring substituents is 1. The van der Waals surface area contributed by atoms with Crippen LogP contribution < -0.4 is 5.32 Å². The number of nitro groups is 1. The van der Waals surface area contributed by atoms with Crippen molar-refractivity contribution in [2.75, 3.05) is 45.8 Å². The zero-order valence-corrected chi connectivity index (χ0v) is 20.7. The highest BCUT2D eigenvalue weighted by Gasteiger charge is 2.24. The number of nitrogens with zero attached hydrogens (tertiary/aromatic N) is 3. The summed E-state index contributed by atoms with van der Waals surface area (Å²) < 4.78 is 37.2. The Morgan fingerprint density at radius 2 is 1.77 bits per heavy atom. The van der Waals surface area contributed by atoms with Crippen molar-refractivity contribution in [1.82, 2.24) is 9.29 Å². The van der Waals surface area contributed by atoms with E-state index in [2.05, 4.69) is 10.3 Å². The van der Waals surface area contributed by atoms with Crippen LogP contribution in [0.4, 0.5) is 10.8 Å². The Hall–Kier alpha value is -3.23. The number of hydrogen-bond acceptors (Lipinski definition) is 9. The average molecular weight is 521 g/mol. The maximum atomic E-state index is 13.0. The molecule has 0 aliphatic rings. The Kier molecular flexibility index (Phi) is 9.01. The molecule has 1 aromatic heterocycles. The molecule has 1 heterocycles. The van der Waals surface area contributed by atoms with Crippen molar-refractivity contribution in [2.24, 2.45) is 0 Å². The highest BCUT2D eigenvalue weighted by Crippen LogP contribution is 2.28. The monoisotopic (exact) mass is 520 g/mol. The quantitative estimate of drug-likeness (QED) is 0.283. The van der Waals surface area contributed by atoms with E-state index in [1.165, 1.54) is 66.3 Å². The smallest absolute Gasteiger partial charge is 0.270 e. The third-order valence-electron chi connectivity index (χ3n) is 4.92. The minimum Gasteiger partial charge on any atom is -0.383 e. The number of methoxy groups -OCH3 is 2. The fourth-order valence-corrected chi connectivity index (χ4v) is 5.20. The lowest BCUT2D eigenvalue weighted by atomic mass is 10.1. The van der Waals surface area contributed by atoms with Gasteiger partial charge in [0, 0.05) is 55.9 Å². The Morgan fingerprint density at radius 3 is 2.37 bits per heavy atom. The molecule has 35 heavy (non-hydrogen) atoms. The highest BCUT2D eigenvalue weighted by molar-refractivity contribution is 7.89. The van der Waals surface area contributed by atoms with Crippen LogP contribution in [0.5, 0.6) is 0 Å². The molecule has 0 radical (unpaired) electrons. The molecule has 3 aromatic rings. The molecule has 0 saturated heterocycles. The molecular formula is C22H24N4O7S2. The molecule has 0 fully saturated rings. The Labute approximate surface area is 206 Å². The number of carbonyl (C=O) groups is 1. The van der Waals surface area contributed by atoms with E-state index in [9.17, 15) is 23.3 Å². The van der Waals surface area contributed by atoms with Crippen molar-refractivity contribution in [3.8, 4) is 11.3 Å². The number of anilines is 1. The molecule has 0 spiro atoms.